The number of morpholine rings is 1. The monoisotopic (exact) mass is 316 g/mol. The number of halogens is 2. The van der Waals surface area contributed by atoms with E-state index < -0.39 is 0 Å². The Labute approximate surface area is 113 Å². The molecular formula is C12H14BrFN2O2. The van der Waals surface area contributed by atoms with Crippen molar-refractivity contribution in [2.45, 2.75) is 0 Å². The molecule has 1 aliphatic rings. The maximum absolute atomic E-state index is 13.3. The number of anilines is 1. The first-order valence-corrected chi connectivity index (χ1v) is 6.50. The summed E-state index contributed by atoms with van der Waals surface area (Å²) in [6.45, 7) is 2.57. The van der Waals surface area contributed by atoms with Gasteiger partial charge >= 0.3 is 0 Å². The van der Waals surface area contributed by atoms with E-state index in [0.29, 0.717) is 36.5 Å². The third-order valence-corrected chi connectivity index (χ3v) is 3.37. The Hall–Kier alpha value is -1.14. The Balaban J connectivity index is 1.86. The van der Waals surface area contributed by atoms with Crippen LogP contribution in [-0.4, -0.2) is 43.7 Å². The van der Waals surface area contributed by atoms with E-state index in [1.54, 1.807) is 17.0 Å². The van der Waals surface area contributed by atoms with E-state index >= 15 is 0 Å². The molecule has 0 atom stereocenters. The fourth-order valence-electron chi connectivity index (χ4n) is 1.71. The Morgan fingerprint density at radius 3 is 2.83 bits per heavy atom. The quantitative estimate of drug-likeness (QED) is 0.925. The molecule has 0 bridgehead atoms. The summed E-state index contributed by atoms with van der Waals surface area (Å²) in [5.74, 6) is -0.347. The van der Waals surface area contributed by atoms with E-state index in [9.17, 15) is 9.18 Å². The van der Waals surface area contributed by atoms with Gasteiger partial charge < -0.3 is 15.0 Å². The van der Waals surface area contributed by atoms with Crippen molar-refractivity contribution in [2.75, 3.05) is 38.2 Å². The Morgan fingerprint density at radius 2 is 2.17 bits per heavy atom. The number of nitrogens with zero attached hydrogens (tertiary/aromatic N) is 1. The molecule has 1 aromatic carbocycles. The lowest BCUT2D eigenvalue weighted by Gasteiger charge is -2.27. The topological polar surface area (TPSA) is 41.6 Å². The van der Waals surface area contributed by atoms with Crippen molar-refractivity contribution in [1.82, 2.24) is 4.90 Å². The largest absolute Gasteiger partial charge is 0.378 e. The number of carbonyl (C=O) groups excluding carboxylic acids is 1. The van der Waals surface area contributed by atoms with E-state index in [1.165, 1.54) is 6.07 Å². The first-order chi connectivity index (χ1) is 8.66. The fraction of sp³-hybridized carbons (Fsp3) is 0.417. The van der Waals surface area contributed by atoms with Crippen molar-refractivity contribution in [3.8, 4) is 0 Å². The average Bonchev–Trinajstić information content (AvgIpc) is 2.41. The van der Waals surface area contributed by atoms with Crippen molar-refractivity contribution >= 4 is 27.5 Å². The lowest BCUT2D eigenvalue weighted by atomic mass is 10.3. The Bertz CT molecular complexity index is 436. The minimum atomic E-state index is -0.348. The van der Waals surface area contributed by atoms with Crippen LogP contribution in [0.15, 0.2) is 22.7 Å². The summed E-state index contributed by atoms with van der Waals surface area (Å²) < 4.78 is 18.8. The number of benzene rings is 1. The summed E-state index contributed by atoms with van der Waals surface area (Å²) >= 11 is 3.08. The van der Waals surface area contributed by atoms with E-state index in [1.807, 2.05) is 0 Å². The molecule has 0 aliphatic carbocycles. The predicted octanol–water partition coefficient (Wildman–Crippen LogP) is 1.86. The number of rotatable bonds is 3. The Morgan fingerprint density at radius 1 is 1.44 bits per heavy atom. The second-order valence-electron chi connectivity index (χ2n) is 3.98. The molecule has 0 radical (unpaired) electrons. The highest BCUT2D eigenvalue weighted by molar-refractivity contribution is 9.10. The molecule has 1 N–H and O–H groups in total. The number of amides is 1. The van der Waals surface area contributed by atoms with Crippen molar-refractivity contribution in [2.24, 2.45) is 0 Å². The van der Waals surface area contributed by atoms with Gasteiger partial charge in [-0.15, -0.1) is 0 Å². The van der Waals surface area contributed by atoms with Gasteiger partial charge in [0.15, 0.2) is 0 Å². The standard InChI is InChI=1S/C12H14BrFN2O2/c13-10-2-1-9(7-11(10)14)15-8-12(17)16-3-5-18-6-4-16/h1-2,7,15H,3-6,8H2. The van der Waals surface area contributed by atoms with E-state index in [-0.39, 0.29) is 18.3 Å². The van der Waals surface area contributed by atoms with Gasteiger partial charge in [-0.1, -0.05) is 0 Å². The van der Waals surface area contributed by atoms with Gasteiger partial charge in [0.25, 0.3) is 0 Å². The summed E-state index contributed by atoms with van der Waals surface area (Å²) in [7, 11) is 0. The summed E-state index contributed by atoms with van der Waals surface area (Å²) in [4.78, 5) is 13.6. The fourth-order valence-corrected chi connectivity index (χ4v) is 1.95. The maximum Gasteiger partial charge on any atom is 0.242 e. The normalized spacial score (nSPS) is 15.6. The second-order valence-corrected chi connectivity index (χ2v) is 4.83. The van der Waals surface area contributed by atoms with E-state index in [4.69, 9.17) is 4.74 Å². The van der Waals surface area contributed by atoms with Gasteiger partial charge in [0, 0.05) is 18.8 Å². The zero-order valence-corrected chi connectivity index (χ0v) is 11.4. The van der Waals surface area contributed by atoms with Crippen LogP contribution >= 0.6 is 15.9 Å². The smallest absolute Gasteiger partial charge is 0.242 e. The average molecular weight is 317 g/mol. The van der Waals surface area contributed by atoms with Crippen LogP contribution in [0.5, 0.6) is 0 Å². The lowest BCUT2D eigenvalue weighted by molar-refractivity contribution is -0.133. The molecule has 0 spiro atoms. The molecule has 1 saturated heterocycles. The molecule has 18 heavy (non-hydrogen) atoms. The first kappa shape index (κ1) is 13.3. The third kappa shape index (κ3) is 3.43. The molecule has 98 valence electrons. The molecule has 2 rings (SSSR count). The van der Waals surface area contributed by atoms with Gasteiger partial charge in [0.05, 0.1) is 24.2 Å². The minimum Gasteiger partial charge on any atom is -0.378 e. The first-order valence-electron chi connectivity index (χ1n) is 5.71. The highest BCUT2D eigenvalue weighted by atomic mass is 79.9. The van der Waals surface area contributed by atoms with Crippen molar-refractivity contribution < 1.29 is 13.9 Å². The van der Waals surface area contributed by atoms with Gasteiger partial charge in [-0.2, -0.15) is 0 Å². The van der Waals surface area contributed by atoms with Crippen LogP contribution < -0.4 is 5.32 Å². The van der Waals surface area contributed by atoms with Crippen LogP contribution in [-0.2, 0) is 9.53 Å². The van der Waals surface area contributed by atoms with Crippen molar-refractivity contribution in [3.63, 3.8) is 0 Å². The van der Waals surface area contributed by atoms with Crippen LogP contribution in [0.1, 0.15) is 0 Å². The lowest BCUT2D eigenvalue weighted by Crippen LogP contribution is -2.43. The number of hydrogen-bond donors (Lipinski definition) is 1. The molecule has 1 fully saturated rings. The number of hydrogen-bond acceptors (Lipinski definition) is 3. The Kier molecular flexibility index (Phi) is 4.54. The molecule has 1 aromatic rings. The summed E-state index contributed by atoms with van der Waals surface area (Å²) in [5, 5.41) is 2.92. The molecule has 0 unspecified atom stereocenters. The van der Waals surface area contributed by atoms with Gasteiger partial charge in [-0.05, 0) is 34.1 Å². The van der Waals surface area contributed by atoms with Crippen LogP contribution in [0.4, 0.5) is 10.1 Å². The zero-order valence-electron chi connectivity index (χ0n) is 9.79. The van der Waals surface area contributed by atoms with Crippen LogP contribution in [0.25, 0.3) is 0 Å². The van der Waals surface area contributed by atoms with Crippen LogP contribution in [0.2, 0.25) is 0 Å². The van der Waals surface area contributed by atoms with Gasteiger partial charge in [0.1, 0.15) is 5.82 Å². The molecule has 6 heteroatoms. The van der Waals surface area contributed by atoms with Gasteiger partial charge in [-0.25, -0.2) is 4.39 Å². The zero-order chi connectivity index (χ0) is 13.0. The summed E-state index contributed by atoms with van der Waals surface area (Å²) in [6.07, 6.45) is 0. The number of nitrogens with one attached hydrogen (secondary N) is 1. The molecule has 4 nitrogen and oxygen atoms in total. The van der Waals surface area contributed by atoms with Gasteiger partial charge in [-0.3, -0.25) is 4.79 Å². The van der Waals surface area contributed by atoms with Crippen LogP contribution in [0.3, 0.4) is 0 Å². The number of carbonyl (C=O) groups is 1. The van der Waals surface area contributed by atoms with E-state index in [2.05, 4.69) is 21.2 Å². The van der Waals surface area contributed by atoms with Crippen LogP contribution in [0, 0.1) is 5.82 Å². The maximum atomic E-state index is 13.3. The number of ether oxygens (including phenoxy) is 1. The molecular weight excluding hydrogens is 303 g/mol. The summed E-state index contributed by atoms with van der Waals surface area (Å²) in [6, 6.07) is 4.69. The molecule has 0 aromatic heterocycles. The van der Waals surface area contributed by atoms with Crippen molar-refractivity contribution in [3.05, 3.63) is 28.5 Å². The predicted molar refractivity (Wildman–Crippen MR) is 70.0 cm³/mol. The molecule has 0 saturated carbocycles. The SMILES string of the molecule is O=C(CNc1ccc(Br)c(F)c1)N1CCOCC1. The molecule has 1 amide bonds. The van der Waals surface area contributed by atoms with E-state index in [0.717, 1.165) is 0 Å². The van der Waals surface area contributed by atoms with Gasteiger partial charge in [0.2, 0.25) is 5.91 Å². The van der Waals surface area contributed by atoms with Crippen molar-refractivity contribution in [1.29, 1.82) is 0 Å². The third-order valence-electron chi connectivity index (χ3n) is 2.73. The minimum absolute atomic E-state index is 0.00151. The molecule has 1 aliphatic heterocycles. The summed E-state index contributed by atoms with van der Waals surface area (Å²) in [5.41, 5.74) is 0.595. The second kappa shape index (κ2) is 6.15. The highest BCUT2D eigenvalue weighted by Crippen LogP contribution is 2.19. The molecule has 1 heterocycles. The highest BCUT2D eigenvalue weighted by Gasteiger charge is 2.16.